The number of rotatable bonds is 8. The Morgan fingerprint density at radius 3 is 1.31 bits per heavy atom. The van der Waals surface area contributed by atoms with E-state index in [0.29, 0.717) is 0 Å². The average Bonchev–Trinajstić information content (AvgIpc) is 2.72. The van der Waals surface area contributed by atoms with Crippen LogP contribution in [0.5, 0.6) is 0 Å². The first kappa shape index (κ1) is 22.1. The van der Waals surface area contributed by atoms with Crippen LogP contribution in [0.1, 0.15) is 0 Å². The SMILES string of the molecule is O=C(NNS(=O)(=O)c1ccccc1)NONC(=O)NNS(=O)(=O)c1ccccc1. The zero-order chi connectivity index (χ0) is 21.3. The Bertz CT molecular complexity index is 961. The predicted octanol–water partition coefficient (Wildman–Crippen LogP) is -0.782. The number of carbonyl (C=O) groups is 2. The highest BCUT2D eigenvalue weighted by Crippen LogP contribution is 2.06. The van der Waals surface area contributed by atoms with Gasteiger partial charge in [-0.05, 0) is 24.3 Å². The number of benzene rings is 2. The van der Waals surface area contributed by atoms with Gasteiger partial charge in [-0.1, -0.05) is 36.4 Å². The molecule has 13 nitrogen and oxygen atoms in total. The van der Waals surface area contributed by atoms with Gasteiger partial charge in [-0.3, -0.25) is 10.9 Å². The molecule has 156 valence electrons. The lowest BCUT2D eigenvalue weighted by atomic mass is 10.4. The molecule has 0 radical (unpaired) electrons. The van der Waals surface area contributed by atoms with E-state index >= 15 is 0 Å². The van der Waals surface area contributed by atoms with Crippen molar-refractivity contribution in [1.82, 2.24) is 31.5 Å². The lowest BCUT2D eigenvalue weighted by Crippen LogP contribution is -2.51. The van der Waals surface area contributed by atoms with Gasteiger partial charge < -0.3 is 0 Å². The van der Waals surface area contributed by atoms with Crippen molar-refractivity contribution in [2.75, 3.05) is 0 Å². The molecule has 6 N–H and O–H groups in total. The average molecular weight is 444 g/mol. The molecule has 2 aromatic rings. The minimum absolute atomic E-state index is 0.0931. The van der Waals surface area contributed by atoms with Crippen LogP contribution in [0.3, 0.4) is 0 Å². The first-order valence-electron chi connectivity index (χ1n) is 7.62. The molecule has 0 aromatic heterocycles. The first-order valence-corrected chi connectivity index (χ1v) is 10.6. The fourth-order valence-corrected chi connectivity index (χ4v) is 3.43. The smallest absolute Gasteiger partial charge is 0.257 e. The molecule has 29 heavy (non-hydrogen) atoms. The van der Waals surface area contributed by atoms with Gasteiger partial charge in [-0.25, -0.2) is 26.4 Å². The molecule has 0 atom stereocenters. The lowest BCUT2D eigenvalue weighted by molar-refractivity contribution is 0.00361. The van der Waals surface area contributed by atoms with Crippen LogP contribution in [-0.2, 0) is 25.0 Å². The molecule has 0 aliphatic carbocycles. The number of hydrogen-bond acceptors (Lipinski definition) is 7. The van der Waals surface area contributed by atoms with E-state index in [9.17, 15) is 26.4 Å². The molecule has 4 amide bonds. The van der Waals surface area contributed by atoms with Gasteiger partial charge in [0.1, 0.15) is 0 Å². The minimum Gasteiger partial charge on any atom is -0.257 e. The third-order valence-electron chi connectivity index (χ3n) is 2.99. The van der Waals surface area contributed by atoms with E-state index in [4.69, 9.17) is 0 Å². The number of carbonyl (C=O) groups excluding carboxylic acids is 2. The summed E-state index contributed by atoms with van der Waals surface area (Å²) in [4.78, 5) is 30.6. The summed E-state index contributed by atoms with van der Waals surface area (Å²) in [5, 5.41) is 0. The number of urea groups is 2. The van der Waals surface area contributed by atoms with Gasteiger partial charge in [0.05, 0.1) is 9.79 Å². The Kier molecular flexibility index (Phi) is 7.46. The van der Waals surface area contributed by atoms with E-state index in [1.807, 2.05) is 0 Å². The highest BCUT2D eigenvalue weighted by Gasteiger charge is 2.16. The maximum absolute atomic E-state index is 11.9. The van der Waals surface area contributed by atoms with Gasteiger partial charge in [0.2, 0.25) is 0 Å². The molecule has 0 spiro atoms. The van der Waals surface area contributed by atoms with Crippen molar-refractivity contribution in [1.29, 1.82) is 0 Å². The minimum atomic E-state index is -4.00. The molecule has 0 aliphatic rings. The van der Waals surface area contributed by atoms with Crippen molar-refractivity contribution in [2.24, 2.45) is 0 Å². The molecule has 0 fully saturated rings. The number of hydroxylamine groups is 2. The molecule has 0 heterocycles. The summed E-state index contributed by atoms with van der Waals surface area (Å²) in [6.07, 6.45) is 0. The molecule has 2 aromatic carbocycles. The summed E-state index contributed by atoms with van der Waals surface area (Å²) >= 11 is 0. The zero-order valence-corrected chi connectivity index (χ0v) is 16.1. The Balaban J connectivity index is 1.70. The highest BCUT2D eigenvalue weighted by molar-refractivity contribution is 7.89. The van der Waals surface area contributed by atoms with Crippen LogP contribution in [-0.4, -0.2) is 28.9 Å². The van der Waals surface area contributed by atoms with Gasteiger partial charge in [0.25, 0.3) is 20.0 Å². The van der Waals surface area contributed by atoms with Crippen molar-refractivity contribution in [2.45, 2.75) is 9.79 Å². The van der Waals surface area contributed by atoms with Crippen molar-refractivity contribution in [3.63, 3.8) is 0 Å². The lowest BCUT2D eigenvalue weighted by Gasteiger charge is -2.11. The summed E-state index contributed by atoms with van der Waals surface area (Å²) < 4.78 is 47.5. The van der Waals surface area contributed by atoms with Crippen LogP contribution in [0.2, 0.25) is 0 Å². The summed E-state index contributed by atoms with van der Waals surface area (Å²) in [5.74, 6) is 0. The van der Waals surface area contributed by atoms with Gasteiger partial charge in [0, 0.05) is 0 Å². The van der Waals surface area contributed by atoms with Gasteiger partial charge in [0.15, 0.2) is 0 Å². The second-order valence-electron chi connectivity index (χ2n) is 5.05. The van der Waals surface area contributed by atoms with Crippen molar-refractivity contribution < 1.29 is 31.4 Å². The van der Waals surface area contributed by atoms with Crippen molar-refractivity contribution >= 4 is 32.1 Å². The Labute approximate surface area is 165 Å². The topological polar surface area (TPSA) is 184 Å². The van der Waals surface area contributed by atoms with Crippen LogP contribution in [0, 0.1) is 0 Å². The molecule has 0 saturated carbocycles. The number of hydrazine groups is 2. The van der Waals surface area contributed by atoms with E-state index < -0.39 is 32.1 Å². The van der Waals surface area contributed by atoms with Gasteiger partial charge in [-0.2, -0.15) is 15.9 Å². The second kappa shape index (κ2) is 9.80. The van der Waals surface area contributed by atoms with Gasteiger partial charge in [-0.15, -0.1) is 9.66 Å². The maximum Gasteiger partial charge on any atom is 0.355 e. The van der Waals surface area contributed by atoms with Crippen LogP contribution in [0.4, 0.5) is 9.59 Å². The van der Waals surface area contributed by atoms with E-state index in [2.05, 4.69) is 4.94 Å². The molecule has 0 aliphatic heterocycles. The molecule has 2 rings (SSSR count). The van der Waals surface area contributed by atoms with Crippen LogP contribution in [0.15, 0.2) is 70.5 Å². The molecular formula is C14H16N6O7S2. The van der Waals surface area contributed by atoms with Gasteiger partial charge >= 0.3 is 12.1 Å². The summed E-state index contributed by atoms with van der Waals surface area (Å²) in [6, 6.07) is 12.1. The Morgan fingerprint density at radius 2 is 0.966 bits per heavy atom. The zero-order valence-electron chi connectivity index (χ0n) is 14.4. The van der Waals surface area contributed by atoms with Crippen LogP contribution >= 0.6 is 0 Å². The van der Waals surface area contributed by atoms with E-state index in [1.165, 1.54) is 48.5 Å². The van der Waals surface area contributed by atoms with Crippen molar-refractivity contribution in [3.05, 3.63) is 60.7 Å². The number of nitrogens with one attached hydrogen (secondary N) is 6. The molecular weight excluding hydrogens is 428 g/mol. The summed E-state index contributed by atoms with van der Waals surface area (Å²) in [7, 11) is -8.00. The quantitative estimate of drug-likeness (QED) is 0.288. The van der Waals surface area contributed by atoms with E-state index in [0.717, 1.165) is 0 Å². The molecule has 15 heteroatoms. The number of sulfonamides is 2. The number of amides is 4. The standard InChI is InChI=1S/C14H16N6O7S2/c21-13(15-19-28(23,24)11-7-3-1-4-8-11)17-27-18-14(22)16-20-29(25,26)12-9-5-2-6-10-12/h1-10,19-20H,(H2,15,17,21)(H2,16,18,22). The fraction of sp³-hybridized carbons (Fsp3) is 0. The van der Waals surface area contributed by atoms with E-state index in [1.54, 1.807) is 43.6 Å². The Hall–Kier alpha value is -3.24. The Morgan fingerprint density at radius 1 is 0.621 bits per heavy atom. The molecule has 0 saturated heterocycles. The van der Waals surface area contributed by atoms with E-state index in [-0.39, 0.29) is 9.79 Å². The first-order chi connectivity index (χ1) is 13.7. The largest absolute Gasteiger partial charge is 0.355 e. The third kappa shape index (κ3) is 7.01. The normalized spacial score (nSPS) is 11.3. The predicted molar refractivity (Wildman–Crippen MR) is 97.9 cm³/mol. The molecule has 0 bridgehead atoms. The summed E-state index contributed by atoms with van der Waals surface area (Å²) in [6.45, 7) is 0. The molecule has 0 unspecified atom stereocenters. The maximum atomic E-state index is 11.9. The third-order valence-corrected chi connectivity index (χ3v) is 5.52. The van der Waals surface area contributed by atoms with Crippen molar-refractivity contribution in [3.8, 4) is 0 Å². The summed E-state index contributed by atoms with van der Waals surface area (Å²) in [5.41, 5.74) is 6.83. The number of hydrogen-bond donors (Lipinski definition) is 6. The fourth-order valence-electron chi connectivity index (χ4n) is 1.71. The monoisotopic (exact) mass is 444 g/mol. The van der Waals surface area contributed by atoms with Crippen LogP contribution < -0.4 is 31.5 Å². The highest BCUT2D eigenvalue weighted by atomic mass is 32.2. The second-order valence-corrected chi connectivity index (χ2v) is 8.42. The van der Waals surface area contributed by atoms with Crippen LogP contribution in [0.25, 0.3) is 0 Å².